The maximum atomic E-state index is 12.4. The van der Waals surface area contributed by atoms with E-state index in [2.05, 4.69) is 5.32 Å². The number of carbonyl (C=O) groups excluding carboxylic acids is 1. The number of hydrogen-bond acceptors (Lipinski definition) is 4. The largest absolute Gasteiger partial charge is 0.388 e. The van der Waals surface area contributed by atoms with Crippen LogP contribution < -0.4 is 5.32 Å². The fraction of sp³-hybridized carbons (Fsp3) is 0.500. The second kappa shape index (κ2) is 6.10. The van der Waals surface area contributed by atoms with Crippen molar-refractivity contribution in [2.24, 2.45) is 0 Å². The second-order valence-corrected chi connectivity index (χ2v) is 6.26. The van der Waals surface area contributed by atoms with Gasteiger partial charge in [-0.2, -0.15) is 0 Å². The molecule has 1 aliphatic heterocycles. The molecule has 0 aromatic heterocycles. The van der Waals surface area contributed by atoms with Crippen LogP contribution in [-0.4, -0.2) is 39.1 Å². The normalized spacial score (nSPS) is 18.4. The molecule has 2 N–H and O–H groups in total. The highest BCUT2D eigenvalue weighted by atomic mass is 35.5. The van der Waals surface area contributed by atoms with Crippen LogP contribution >= 0.6 is 11.6 Å². The number of carbonyl (C=O) groups is 1. The number of rotatable bonds is 3. The summed E-state index contributed by atoms with van der Waals surface area (Å²) in [6, 6.07) is 3.21. The number of amides is 2. The molecule has 1 saturated heterocycles. The molecule has 1 atom stereocenters. The van der Waals surface area contributed by atoms with Crippen LogP contribution in [0.2, 0.25) is 5.02 Å². The molecule has 1 fully saturated rings. The number of non-ortho nitro benzene ring substituents is 1. The first-order chi connectivity index (χ1) is 10.2. The van der Waals surface area contributed by atoms with Crippen LogP contribution in [0.1, 0.15) is 26.7 Å². The summed E-state index contributed by atoms with van der Waals surface area (Å²) in [6.45, 7) is 3.88. The molecule has 1 heterocycles. The van der Waals surface area contributed by atoms with Gasteiger partial charge in [0.05, 0.1) is 27.3 Å². The van der Waals surface area contributed by atoms with Gasteiger partial charge in [0.1, 0.15) is 0 Å². The van der Waals surface area contributed by atoms with E-state index in [0.717, 1.165) is 12.8 Å². The summed E-state index contributed by atoms with van der Waals surface area (Å²) < 4.78 is 0. The van der Waals surface area contributed by atoms with E-state index in [1.165, 1.54) is 18.2 Å². The Morgan fingerprint density at radius 1 is 1.55 bits per heavy atom. The summed E-state index contributed by atoms with van der Waals surface area (Å²) in [5.74, 6) is 0. The van der Waals surface area contributed by atoms with Crippen LogP contribution in [-0.2, 0) is 0 Å². The standard InChI is InChI=1S/C14H18ClN3O4/c1-14(2,20)12-4-3-7-17(12)13(19)16-11-6-5-9(18(21)22)8-10(11)15/h5-6,8,12,20H,3-4,7H2,1-2H3,(H,16,19). The fourth-order valence-corrected chi connectivity index (χ4v) is 2.87. The van der Waals surface area contributed by atoms with Gasteiger partial charge < -0.3 is 15.3 Å². The minimum Gasteiger partial charge on any atom is -0.388 e. The molecule has 2 rings (SSSR count). The van der Waals surface area contributed by atoms with Crippen LogP contribution in [0.25, 0.3) is 0 Å². The van der Waals surface area contributed by atoms with Crippen molar-refractivity contribution in [2.75, 3.05) is 11.9 Å². The molecular formula is C14H18ClN3O4. The van der Waals surface area contributed by atoms with Gasteiger partial charge in [-0.25, -0.2) is 4.79 Å². The molecule has 1 aromatic carbocycles. The Bertz CT molecular complexity index is 600. The van der Waals surface area contributed by atoms with E-state index in [0.29, 0.717) is 12.2 Å². The Hall–Kier alpha value is -1.86. The van der Waals surface area contributed by atoms with Gasteiger partial charge >= 0.3 is 6.03 Å². The van der Waals surface area contributed by atoms with Gasteiger partial charge in [0.25, 0.3) is 5.69 Å². The minimum atomic E-state index is -0.993. The topological polar surface area (TPSA) is 95.7 Å². The van der Waals surface area contributed by atoms with E-state index in [-0.39, 0.29) is 22.8 Å². The molecule has 2 amide bonds. The minimum absolute atomic E-state index is 0.0987. The molecule has 1 unspecified atom stereocenters. The number of likely N-dealkylation sites (tertiary alicyclic amines) is 1. The monoisotopic (exact) mass is 327 g/mol. The average Bonchev–Trinajstić information content (AvgIpc) is 2.90. The zero-order valence-electron chi connectivity index (χ0n) is 12.4. The van der Waals surface area contributed by atoms with E-state index in [9.17, 15) is 20.0 Å². The SMILES string of the molecule is CC(C)(O)C1CCCN1C(=O)Nc1ccc([N+](=O)[O-])cc1Cl. The number of hydrogen-bond donors (Lipinski definition) is 2. The number of benzene rings is 1. The van der Waals surface area contributed by atoms with E-state index >= 15 is 0 Å². The number of halogens is 1. The molecule has 0 aliphatic carbocycles. The molecule has 0 saturated carbocycles. The lowest BCUT2D eigenvalue weighted by molar-refractivity contribution is -0.384. The number of nitrogens with zero attached hydrogens (tertiary/aromatic N) is 2. The lowest BCUT2D eigenvalue weighted by Gasteiger charge is -2.33. The van der Waals surface area contributed by atoms with E-state index in [1.54, 1.807) is 18.7 Å². The summed E-state index contributed by atoms with van der Waals surface area (Å²) in [7, 11) is 0. The fourth-order valence-electron chi connectivity index (χ4n) is 2.65. The van der Waals surface area contributed by atoms with E-state index in [1.807, 2.05) is 0 Å². The number of anilines is 1. The average molecular weight is 328 g/mol. The van der Waals surface area contributed by atoms with Gasteiger partial charge in [-0.3, -0.25) is 10.1 Å². The van der Waals surface area contributed by atoms with Crippen LogP contribution in [0.4, 0.5) is 16.2 Å². The first-order valence-electron chi connectivity index (χ1n) is 6.94. The second-order valence-electron chi connectivity index (χ2n) is 5.86. The molecule has 0 radical (unpaired) electrons. The number of nitro benzene ring substituents is 1. The maximum absolute atomic E-state index is 12.4. The predicted molar refractivity (Wildman–Crippen MR) is 83.2 cm³/mol. The summed E-state index contributed by atoms with van der Waals surface area (Å²) in [5.41, 5.74) is -0.829. The van der Waals surface area contributed by atoms with E-state index < -0.39 is 10.5 Å². The highest BCUT2D eigenvalue weighted by Gasteiger charge is 2.38. The van der Waals surface area contributed by atoms with Gasteiger partial charge in [-0.15, -0.1) is 0 Å². The molecule has 0 spiro atoms. The summed E-state index contributed by atoms with van der Waals surface area (Å²) in [5, 5.41) is 23.5. The molecule has 22 heavy (non-hydrogen) atoms. The van der Waals surface area contributed by atoms with Gasteiger partial charge in [0, 0.05) is 18.7 Å². The van der Waals surface area contributed by atoms with Gasteiger partial charge in [0.2, 0.25) is 0 Å². The molecule has 0 bridgehead atoms. The molecule has 7 nitrogen and oxygen atoms in total. The van der Waals surface area contributed by atoms with E-state index in [4.69, 9.17) is 11.6 Å². The van der Waals surface area contributed by atoms with Crippen molar-refractivity contribution in [3.05, 3.63) is 33.3 Å². The predicted octanol–water partition coefficient (Wildman–Crippen LogP) is 3.02. The molecule has 1 aromatic rings. The summed E-state index contributed by atoms with van der Waals surface area (Å²) in [4.78, 5) is 24.0. The van der Waals surface area contributed by atoms with Crippen molar-refractivity contribution in [1.29, 1.82) is 0 Å². The molecular weight excluding hydrogens is 310 g/mol. The summed E-state index contributed by atoms with van der Waals surface area (Å²) in [6.07, 6.45) is 1.54. The van der Waals surface area contributed by atoms with Crippen LogP contribution in [0.5, 0.6) is 0 Å². The lowest BCUT2D eigenvalue weighted by atomic mass is 9.97. The first kappa shape index (κ1) is 16.5. The Morgan fingerprint density at radius 2 is 2.23 bits per heavy atom. The van der Waals surface area contributed by atoms with Crippen molar-refractivity contribution in [1.82, 2.24) is 4.90 Å². The molecule has 8 heteroatoms. The Balaban J connectivity index is 2.14. The van der Waals surface area contributed by atoms with Gasteiger partial charge in [-0.1, -0.05) is 11.6 Å². The third-order valence-corrected chi connectivity index (χ3v) is 4.05. The van der Waals surface area contributed by atoms with Gasteiger partial charge in [-0.05, 0) is 32.8 Å². The highest BCUT2D eigenvalue weighted by Crippen LogP contribution is 2.30. The quantitative estimate of drug-likeness (QED) is 0.659. The number of nitro groups is 1. The summed E-state index contributed by atoms with van der Waals surface area (Å²) >= 11 is 5.96. The molecule has 1 aliphatic rings. The number of aliphatic hydroxyl groups is 1. The Kier molecular flexibility index (Phi) is 4.58. The van der Waals surface area contributed by atoms with Gasteiger partial charge in [0.15, 0.2) is 0 Å². The first-order valence-corrected chi connectivity index (χ1v) is 7.32. The zero-order valence-corrected chi connectivity index (χ0v) is 13.1. The molecule has 120 valence electrons. The number of nitrogens with one attached hydrogen (secondary N) is 1. The third-order valence-electron chi connectivity index (χ3n) is 3.73. The number of urea groups is 1. The van der Waals surface area contributed by atoms with Crippen molar-refractivity contribution >= 4 is 29.0 Å². The third kappa shape index (κ3) is 3.48. The Morgan fingerprint density at radius 3 is 2.77 bits per heavy atom. The van der Waals surface area contributed by atoms with Crippen LogP contribution in [0.15, 0.2) is 18.2 Å². The maximum Gasteiger partial charge on any atom is 0.322 e. The van der Waals surface area contributed by atoms with Crippen molar-refractivity contribution in [3.63, 3.8) is 0 Å². The van der Waals surface area contributed by atoms with Crippen LogP contribution in [0, 0.1) is 10.1 Å². The van der Waals surface area contributed by atoms with Crippen LogP contribution in [0.3, 0.4) is 0 Å². The smallest absolute Gasteiger partial charge is 0.322 e. The zero-order chi connectivity index (χ0) is 16.5. The highest BCUT2D eigenvalue weighted by molar-refractivity contribution is 6.33. The lowest BCUT2D eigenvalue weighted by Crippen LogP contribution is -2.49. The Labute approximate surface area is 133 Å². The van der Waals surface area contributed by atoms with Crippen molar-refractivity contribution in [2.45, 2.75) is 38.3 Å². The van der Waals surface area contributed by atoms with Crippen molar-refractivity contribution in [3.8, 4) is 0 Å². The van der Waals surface area contributed by atoms with Crippen molar-refractivity contribution < 1.29 is 14.8 Å².